The third-order valence-corrected chi connectivity index (χ3v) is 4.06. The zero-order chi connectivity index (χ0) is 13.8. The lowest BCUT2D eigenvalue weighted by Gasteiger charge is -2.38. The van der Waals surface area contributed by atoms with Gasteiger partial charge < -0.3 is 15.3 Å². The topological polar surface area (TPSA) is 35.5 Å². The molecule has 1 aliphatic heterocycles. The quantitative estimate of drug-likeness (QED) is 0.872. The molecule has 2 N–H and O–H groups in total. The van der Waals surface area contributed by atoms with Crippen molar-refractivity contribution in [2.45, 2.75) is 33.2 Å². The fourth-order valence-electron chi connectivity index (χ4n) is 2.90. The van der Waals surface area contributed by atoms with E-state index in [9.17, 15) is 0 Å². The van der Waals surface area contributed by atoms with Gasteiger partial charge in [-0.05, 0) is 49.4 Å². The Morgan fingerprint density at radius 3 is 2.74 bits per heavy atom. The van der Waals surface area contributed by atoms with E-state index in [1.807, 2.05) is 0 Å². The van der Waals surface area contributed by atoms with Gasteiger partial charge in [0.05, 0.1) is 6.61 Å². The molecule has 0 aromatic heterocycles. The highest BCUT2D eigenvalue weighted by molar-refractivity contribution is 5.51. The number of nitrogens with one attached hydrogen (secondary N) is 1. The number of hydrogen-bond acceptors (Lipinski definition) is 3. The molecule has 1 aromatic carbocycles. The predicted octanol–water partition coefficient (Wildman–Crippen LogP) is 2.10. The molecule has 1 saturated heterocycles. The first-order chi connectivity index (χ1) is 9.10. The van der Waals surface area contributed by atoms with Crippen molar-refractivity contribution >= 4 is 5.69 Å². The SMILES string of the molecule is Cc1ccc(N2CC(C)CC(NCCO)C2)cc1C. The molecule has 0 spiro atoms. The molecule has 0 aliphatic carbocycles. The molecule has 19 heavy (non-hydrogen) atoms. The minimum atomic E-state index is 0.217. The molecule has 106 valence electrons. The number of aliphatic hydroxyl groups is 1. The Kier molecular flexibility index (Phi) is 4.83. The summed E-state index contributed by atoms with van der Waals surface area (Å²) in [6, 6.07) is 7.21. The van der Waals surface area contributed by atoms with Crippen molar-refractivity contribution in [2.75, 3.05) is 31.1 Å². The molecule has 1 heterocycles. The summed E-state index contributed by atoms with van der Waals surface area (Å²) in [5.41, 5.74) is 4.03. The molecule has 1 fully saturated rings. The molecular weight excluding hydrogens is 236 g/mol. The summed E-state index contributed by atoms with van der Waals surface area (Å²) in [5.74, 6) is 0.687. The molecule has 1 aromatic rings. The van der Waals surface area contributed by atoms with Gasteiger partial charge in [-0.1, -0.05) is 13.0 Å². The van der Waals surface area contributed by atoms with Crippen LogP contribution in [-0.4, -0.2) is 37.4 Å². The van der Waals surface area contributed by atoms with Gasteiger partial charge in [-0.2, -0.15) is 0 Å². The molecule has 0 amide bonds. The Balaban J connectivity index is 2.07. The van der Waals surface area contributed by atoms with Crippen LogP contribution in [0.25, 0.3) is 0 Å². The van der Waals surface area contributed by atoms with Crippen LogP contribution in [0.5, 0.6) is 0 Å². The summed E-state index contributed by atoms with van der Waals surface area (Å²) < 4.78 is 0. The van der Waals surface area contributed by atoms with Gasteiger partial charge in [-0.15, -0.1) is 0 Å². The zero-order valence-electron chi connectivity index (χ0n) is 12.3. The minimum absolute atomic E-state index is 0.217. The summed E-state index contributed by atoms with van der Waals surface area (Å²) in [5, 5.41) is 12.4. The average molecular weight is 262 g/mol. The second kappa shape index (κ2) is 6.40. The third kappa shape index (κ3) is 3.71. The van der Waals surface area contributed by atoms with E-state index >= 15 is 0 Å². The van der Waals surface area contributed by atoms with E-state index in [2.05, 4.69) is 49.2 Å². The van der Waals surface area contributed by atoms with E-state index in [1.165, 1.54) is 23.2 Å². The molecular formula is C16H26N2O. The highest BCUT2D eigenvalue weighted by Crippen LogP contribution is 2.25. The summed E-state index contributed by atoms with van der Waals surface area (Å²) in [6.45, 7) is 9.71. The Morgan fingerprint density at radius 1 is 1.26 bits per heavy atom. The number of piperidine rings is 1. The largest absolute Gasteiger partial charge is 0.395 e. The Morgan fingerprint density at radius 2 is 2.05 bits per heavy atom. The molecule has 2 unspecified atom stereocenters. The van der Waals surface area contributed by atoms with Gasteiger partial charge in [0.15, 0.2) is 0 Å². The Hall–Kier alpha value is -1.06. The van der Waals surface area contributed by atoms with Crippen LogP contribution in [0.1, 0.15) is 24.5 Å². The van der Waals surface area contributed by atoms with Crippen LogP contribution in [0, 0.1) is 19.8 Å². The van der Waals surface area contributed by atoms with Crippen molar-refractivity contribution in [3.05, 3.63) is 29.3 Å². The van der Waals surface area contributed by atoms with Crippen molar-refractivity contribution in [3.63, 3.8) is 0 Å². The molecule has 0 bridgehead atoms. The van der Waals surface area contributed by atoms with Gasteiger partial charge in [0.2, 0.25) is 0 Å². The first-order valence-electron chi connectivity index (χ1n) is 7.26. The van der Waals surface area contributed by atoms with Crippen LogP contribution in [-0.2, 0) is 0 Å². The number of nitrogens with zero attached hydrogens (tertiary/aromatic N) is 1. The van der Waals surface area contributed by atoms with E-state index in [1.54, 1.807) is 0 Å². The highest BCUT2D eigenvalue weighted by Gasteiger charge is 2.24. The Labute approximate surface area is 116 Å². The third-order valence-electron chi connectivity index (χ3n) is 4.06. The summed E-state index contributed by atoms with van der Waals surface area (Å²) in [6.07, 6.45) is 1.20. The van der Waals surface area contributed by atoms with Crippen LogP contribution in [0.2, 0.25) is 0 Å². The molecule has 1 aliphatic rings. The summed E-state index contributed by atoms with van der Waals surface area (Å²) in [7, 11) is 0. The molecule has 2 atom stereocenters. The van der Waals surface area contributed by atoms with Gasteiger partial charge in [0.25, 0.3) is 0 Å². The first kappa shape index (κ1) is 14.4. The van der Waals surface area contributed by atoms with Crippen LogP contribution in [0.15, 0.2) is 18.2 Å². The van der Waals surface area contributed by atoms with Gasteiger partial charge in [-0.3, -0.25) is 0 Å². The second-order valence-corrected chi connectivity index (χ2v) is 5.89. The van der Waals surface area contributed by atoms with E-state index in [0.717, 1.165) is 13.1 Å². The lowest BCUT2D eigenvalue weighted by atomic mass is 9.95. The standard InChI is InChI=1S/C16H26N2O/c1-12-8-15(17-6-7-19)11-18(10-12)16-5-4-13(2)14(3)9-16/h4-5,9,12,15,17,19H,6-8,10-11H2,1-3H3. The van der Waals surface area contributed by atoms with Crippen LogP contribution >= 0.6 is 0 Å². The fraction of sp³-hybridized carbons (Fsp3) is 0.625. The molecule has 3 heteroatoms. The monoisotopic (exact) mass is 262 g/mol. The number of anilines is 1. The van der Waals surface area contributed by atoms with E-state index < -0.39 is 0 Å². The average Bonchev–Trinajstić information content (AvgIpc) is 2.39. The summed E-state index contributed by atoms with van der Waals surface area (Å²) in [4.78, 5) is 2.47. The number of benzene rings is 1. The van der Waals surface area contributed by atoms with Gasteiger partial charge >= 0.3 is 0 Å². The lowest BCUT2D eigenvalue weighted by Crippen LogP contribution is -2.49. The van der Waals surface area contributed by atoms with Crippen molar-refractivity contribution in [2.24, 2.45) is 5.92 Å². The van der Waals surface area contributed by atoms with E-state index in [0.29, 0.717) is 18.5 Å². The van der Waals surface area contributed by atoms with E-state index in [4.69, 9.17) is 5.11 Å². The van der Waals surface area contributed by atoms with Crippen molar-refractivity contribution < 1.29 is 5.11 Å². The lowest BCUT2D eigenvalue weighted by molar-refractivity contribution is 0.269. The maximum atomic E-state index is 8.94. The maximum absolute atomic E-state index is 8.94. The highest BCUT2D eigenvalue weighted by atomic mass is 16.3. The fourth-order valence-corrected chi connectivity index (χ4v) is 2.90. The molecule has 2 rings (SSSR count). The van der Waals surface area contributed by atoms with Crippen molar-refractivity contribution in [3.8, 4) is 0 Å². The number of rotatable bonds is 4. The number of aryl methyl sites for hydroxylation is 2. The smallest absolute Gasteiger partial charge is 0.0556 e. The van der Waals surface area contributed by atoms with Crippen LogP contribution in [0.4, 0.5) is 5.69 Å². The second-order valence-electron chi connectivity index (χ2n) is 5.89. The molecule has 3 nitrogen and oxygen atoms in total. The van der Waals surface area contributed by atoms with Crippen LogP contribution in [0.3, 0.4) is 0 Å². The number of aliphatic hydroxyl groups excluding tert-OH is 1. The van der Waals surface area contributed by atoms with Crippen molar-refractivity contribution in [1.29, 1.82) is 0 Å². The van der Waals surface area contributed by atoms with E-state index in [-0.39, 0.29) is 6.61 Å². The van der Waals surface area contributed by atoms with Crippen LogP contribution < -0.4 is 10.2 Å². The van der Waals surface area contributed by atoms with Crippen molar-refractivity contribution in [1.82, 2.24) is 5.32 Å². The number of hydrogen-bond donors (Lipinski definition) is 2. The van der Waals surface area contributed by atoms with Gasteiger partial charge in [0, 0.05) is 31.4 Å². The van der Waals surface area contributed by atoms with Gasteiger partial charge in [-0.25, -0.2) is 0 Å². The predicted molar refractivity (Wildman–Crippen MR) is 80.8 cm³/mol. The Bertz CT molecular complexity index is 419. The molecule has 0 saturated carbocycles. The normalized spacial score (nSPS) is 23.7. The zero-order valence-corrected chi connectivity index (χ0v) is 12.3. The molecule has 0 radical (unpaired) electrons. The summed E-state index contributed by atoms with van der Waals surface area (Å²) >= 11 is 0. The van der Waals surface area contributed by atoms with Gasteiger partial charge in [0.1, 0.15) is 0 Å². The maximum Gasteiger partial charge on any atom is 0.0556 e. The first-order valence-corrected chi connectivity index (χ1v) is 7.26. The minimum Gasteiger partial charge on any atom is -0.395 e.